The predicted octanol–water partition coefficient (Wildman–Crippen LogP) is 0.953. The van der Waals surface area contributed by atoms with Crippen molar-refractivity contribution in [2.45, 2.75) is 12.3 Å². The van der Waals surface area contributed by atoms with Crippen LogP contribution in [0.1, 0.15) is 17.9 Å². The van der Waals surface area contributed by atoms with Crippen molar-refractivity contribution in [1.82, 2.24) is 4.98 Å². The zero-order valence-electron chi connectivity index (χ0n) is 6.51. The van der Waals surface area contributed by atoms with Crippen molar-refractivity contribution in [2.75, 3.05) is 0 Å². The molecule has 0 aliphatic carbocycles. The van der Waals surface area contributed by atoms with Crippen LogP contribution < -0.4 is 0 Å². The summed E-state index contributed by atoms with van der Waals surface area (Å²) in [7, 11) is 0. The minimum absolute atomic E-state index is 0.231. The second-order valence-corrected chi connectivity index (χ2v) is 2.43. The zero-order chi connectivity index (χ0) is 8.81. The van der Waals surface area contributed by atoms with E-state index in [9.17, 15) is 9.59 Å². The first-order chi connectivity index (χ1) is 5.88. The SMILES string of the molecule is O=CCC(C=O)c1cccnc1. The highest BCUT2D eigenvalue weighted by atomic mass is 16.1. The van der Waals surface area contributed by atoms with Crippen molar-refractivity contribution in [3.63, 3.8) is 0 Å². The summed E-state index contributed by atoms with van der Waals surface area (Å²) >= 11 is 0. The van der Waals surface area contributed by atoms with Gasteiger partial charge in [-0.05, 0) is 11.6 Å². The summed E-state index contributed by atoms with van der Waals surface area (Å²) in [6, 6.07) is 3.53. The highest BCUT2D eigenvalue weighted by molar-refractivity contribution is 5.68. The van der Waals surface area contributed by atoms with Crippen molar-refractivity contribution in [3.8, 4) is 0 Å². The highest BCUT2D eigenvalue weighted by Crippen LogP contribution is 2.13. The number of aromatic nitrogens is 1. The third kappa shape index (κ3) is 1.99. The average molecular weight is 163 g/mol. The molecule has 1 aromatic heterocycles. The molecule has 1 unspecified atom stereocenters. The van der Waals surface area contributed by atoms with Gasteiger partial charge < -0.3 is 9.59 Å². The van der Waals surface area contributed by atoms with Gasteiger partial charge in [0.1, 0.15) is 12.6 Å². The standard InChI is InChI=1S/C9H9NO2/c11-5-3-9(7-12)8-2-1-4-10-6-8/h1-2,4-7,9H,3H2. The highest BCUT2D eigenvalue weighted by Gasteiger charge is 2.08. The van der Waals surface area contributed by atoms with E-state index in [1.807, 2.05) is 0 Å². The molecule has 1 rings (SSSR count). The molecule has 1 atom stereocenters. The molecule has 1 aromatic rings. The van der Waals surface area contributed by atoms with Gasteiger partial charge in [-0.15, -0.1) is 0 Å². The fourth-order valence-electron chi connectivity index (χ4n) is 0.969. The molecule has 12 heavy (non-hydrogen) atoms. The van der Waals surface area contributed by atoms with E-state index in [1.54, 1.807) is 24.5 Å². The van der Waals surface area contributed by atoms with Gasteiger partial charge in [-0.2, -0.15) is 0 Å². The van der Waals surface area contributed by atoms with Gasteiger partial charge in [0.15, 0.2) is 0 Å². The lowest BCUT2D eigenvalue weighted by Gasteiger charge is -2.04. The van der Waals surface area contributed by atoms with Gasteiger partial charge in [0.2, 0.25) is 0 Å². The molecule has 1 heterocycles. The summed E-state index contributed by atoms with van der Waals surface area (Å²) in [6.45, 7) is 0. The Kier molecular flexibility index (Phi) is 3.14. The van der Waals surface area contributed by atoms with E-state index in [4.69, 9.17) is 0 Å². The van der Waals surface area contributed by atoms with Gasteiger partial charge in [-0.1, -0.05) is 6.07 Å². The molecule has 0 N–H and O–H groups in total. The summed E-state index contributed by atoms with van der Waals surface area (Å²) in [5.41, 5.74) is 0.791. The molecule has 0 aromatic carbocycles. The molecule has 0 bridgehead atoms. The summed E-state index contributed by atoms with van der Waals surface area (Å²) in [5, 5.41) is 0. The fourth-order valence-corrected chi connectivity index (χ4v) is 0.969. The Labute approximate surface area is 70.4 Å². The Morgan fingerprint density at radius 2 is 2.33 bits per heavy atom. The zero-order valence-corrected chi connectivity index (χ0v) is 6.51. The Hall–Kier alpha value is -1.51. The van der Waals surface area contributed by atoms with Crippen LogP contribution in [-0.2, 0) is 9.59 Å². The first kappa shape index (κ1) is 8.59. The van der Waals surface area contributed by atoms with Crippen LogP contribution in [0.15, 0.2) is 24.5 Å². The van der Waals surface area contributed by atoms with Crippen LogP contribution in [0.5, 0.6) is 0 Å². The van der Waals surface area contributed by atoms with E-state index in [1.165, 1.54) is 0 Å². The van der Waals surface area contributed by atoms with E-state index in [0.29, 0.717) is 0 Å². The largest absolute Gasteiger partial charge is 0.303 e. The van der Waals surface area contributed by atoms with Crippen LogP contribution >= 0.6 is 0 Å². The number of hydrogen-bond acceptors (Lipinski definition) is 3. The molecule has 0 aliphatic rings. The summed E-state index contributed by atoms with van der Waals surface area (Å²) in [5.74, 6) is -0.337. The van der Waals surface area contributed by atoms with Crippen LogP contribution in [0, 0.1) is 0 Å². The first-order valence-corrected chi connectivity index (χ1v) is 3.67. The smallest absolute Gasteiger partial charge is 0.127 e. The molecular formula is C9H9NO2. The number of aldehydes is 2. The lowest BCUT2D eigenvalue weighted by Crippen LogP contribution is -2.00. The molecule has 62 valence electrons. The molecule has 3 nitrogen and oxygen atoms in total. The molecule has 0 spiro atoms. The maximum Gasteiger partial charge on any atom is 0.127 e. The Morgan fingerprint density at radius 3 is 2.83 bits per heavy atom. The van der Waals surface area contributed by atoms with Gasteiger partial charge in [0.05, 0.1) is 0 Å². The minimum atomic E-state index is -0.337. The van der Waals surface area contributed by atoms with E-state index in [2.05, 4.69) is 4.98 Å². The van der Waals surface area contributed by atoms with E-state index >= 15 is 0 Å². The van der Waals surface area contributed by atoms with Crippen molar-refractivity contribution < 1.29 is 9.59 Å². The third-order valence-electron chi connectivity index (χ3n) is 1.63. The maximum atomic E-state index is 10.5. The molecular weight excluding hydrogens is 154 g/mol. The Morgan fingerprint density at radius 1 is 1.50 bits per heavy atom. The normalized spacial score (nSPS) is 12.0. The van der Waals surface area contributed by atoms with Crippen LogP contribution in [0.4, 0.5) is 0 Å². The number of carbonyl (C=O) groups excluding carboxylic acids is 2. The lowest BCUT2D eigenvalue weighted by molar-refractivity contribution is -0.113. The second kappa shape index (κ2) is 4.38. The fraction of sp³-hybridized carbons (Fsp3) is 0.222. The van der Waals surface area contributed by atoms with E-state index in [-0.39, 0.29) is 12.3 Å². The topological polar surface area (TPSA) is 47.0 Å². The van der Waals surface area contributed by atoms with Crippen LogP contribution in [0.3, 0.4) is 0 Å². The quantitative estimate of drug-likeness (QED) is 0.621. The maximum absolute atomic E-state index is 10.5. The number of carbonyl (C=O) groups is 2. The first-order valence-electron chi connectivity index (χ1n) is 3.67. The number of nitrogens with zero attached hydrogens (tertiary/aromatic N) is 1. The van der Waals surface area contributed by atoms with Gasteiger partial charge in [-0.3, -0.25) is 4.98 Å². The van der Waals surface area contributed by atoms with Crippen molar-refractivity contribution >= 4 is 12.6 Å². The Balaban J connectivity index is 2.79. The van der Waals surface area contributed by atoms with E-state index in [0.717, 1.165) is 18.1 Å². The van der Waals surface area contributed by atoms with Crippen molar-refractivity contribution in [2.24, 2.45) is 0 Å². The molecule has 0 aliphatic heterocycles. The monoisotopic (exact) mass is 163 g/mol. The molecule has 0 amide bonds. The Bertz CT molecular complexity index is 258. The number of hydrogen-bond donors (Lipinski definition) is 0. The summed E-state index contributed by atoms with van der Waals surface area (Å²) < 4.78 is 0. The van der Waals surface area contributed by atoms with Crippen LogP contribution in [0.25, 0.3) is 0 Å². The third-order valence-corrected chi connectivity index (χ3v) is 1.63. The average Bonchev–Trinajstić information content (AvgIpc) is 2.15. The second-order valence-electron chi connectivity index (χ2n) is 2.43. The van der Waals surface area contributed by atoms with Crippen LogP contribution in [0.2, 0.25) is 0 Å². The van der Waals surface area contributed by atoms with Crippen molar-refractivity contribution in [3.05, 3.63) is 30.1 Å². The van der Waals surface area contributed by atoms with Gasteiger partial charge in [0.25, 0.3) is 0 Å². The summed E-state index contributed by atoms with van der Waals surface area (Å²) in [4.78, 5) is 24.5. The number of rotatable bonds is 4. The van der Waals surface area contributed by atoms with Gasteiger partial charge in [0, 0.05) is 24.7 Å². The number of pyridine rings is 1. The molecule has 3 heteroatoms. The van der Waals surface area contributed by atoms with Crippen LogP contribution in [-0.4, -0.2) is 17.6 Å². The minimum Gasteiger partial charge on any atom is -0.303 e. The van der Waals surface area contributed by atoms with Gasteiger partial charge >= 0.3 is 0 Å². The summed E-state index contributed by atoms with van der Waals surface area (Å²) in [6.07, 6.45) is 4.97. The lowest BCUT2D eigenvalue weighted by atomic mass is 10.0. The molecule has 0 saturated heterocycles. The molecule has 0 fully saturated rings. The van der Waals surface area contributed by atoms with Crippen molar-refractivity contribution in [1.29, 1.82) is 0 Å². The molecule has 0 radical (unpaired) electrons. The predicted molar refractivity (Wildman–Crippen MR) is 43.7 cm³/mol. The van der Waals surface area contributed by atoms with E-state index < -0.39 is 0 Å². The molecule has 0 saturated carbocycles. The van der Waals surface area contributed by atoms with Gasteiger partial charge in [-0.25, -0.2) is 0 Å².